The molecule has 0 aromatic heterocycles. The monoisotopic (exact) mass is 368 g/mol. The van der Waals surface area contributed by atoms with Gasteiger partial charge in [0.2, 0.25) is 5.91 Å². The molecule has 1 aromatic carbocycles. The van der Waals surface area contributed by atoms with Crippen molar-refractivity contribution in [3.05, 3.63) is 35.4 Å². The van der Waals surface area contributed by atoms with Crippen molar-refractivity contribution >= 4 is 17.8 Å². The zero-order valence-corrected chi connectivity index (χ0v) is 14.6. The van der Waals surface area contributed by atoms with E-state index in [1.165, 1.54) is 0 Å². The minimum atomic E-state index is -1.01. The minimum Gasteiger partial charge on any atom is -0.481 e. The summed E-state index contributed by atoms with van der Waals surface area (Å²) in [5.41, 5.74) is -0.738. The van der Waals surface area contributed by atoms with Gasteiger partial charge in [0.25, 0.3) is 5.91 Å². The van der Waals surface area contributed by atoms with Crippen molar-refractivity contribution in [2.24, 2.45) is 11.8 Å². The summed E-state index contributed by atoms with van der Waals surface area (Å²) in [6, 6.07) is 1.78. The molecular weight excluding hydrogens is 346 g/mol. The zero-order valence-electron chi connectivity index (χ0n) is 14.6. The number of aliphatic carboxylic acids is 1. The summed E-state index contributed by atoms with van der Waals surface area (Å²) in [7, 11) is 0. The molecule has 0 aliphatic heterocycles. The van der Waals surface area contributed by atoms with Crippen LogP contribution in [0.5, 0.6) is 0 Å². The van der Waals surface area contributed by atoms with Crippen LogP contribution in [0.15, 0.2) is 18.2 Å². The molecule has 3 N–H and O–H groups in total. The molecule has 1 unspecified atom stereocenters. The molecule has 0 saturated heterocycles. The maximum atomic E-state index is 13.7. The maximum absolute atomic E-state index is 13.7. The number of rotatable bonds is 6. The molecule has 0 spiro atoms. The Morgan fingerprint density at radius 2 is 1.77 bits per heavy atom. The first-order valence-electron chi connectivity index (χ1n) is 8.48. The number of hydrogen-bond acceptors (Lipinski definition) is 3. The second kappa shape index (κ2) is 8.25. The third kappa shape index (κ3) is 4.56. The fourth-order valence-electron chi connectivity index (χ4n) is 3.09. The van der Waals surface area contributed by atoms with E-state index in [2.05, 4.69) is 10.6 Å². The van der Waals surface area contributed by atoms with Crippen LogP contribution in [0.4, 0.5) is 8.78 Å². The highest BCUT2D eigenvalue weighted by atomic mass is 19.1. The molecule has 1 aliphatic rings. The first-order valence-corrected chi connectivity index (χ1v) is 8.48. The van der Waals surface area contributed by atoms with Crippen molar-refractivity contribution in [3.8, 4) is 0 Å². The molecule has 2 amide bonds. The van der Waals surface area contributed by atoms with Gasteiger partial charge in [-0.25, -0.2) is 8.78 Å². The van der Waals surface area contributed by atoms with Crippen molar-refractivity contribution < 1.29 is 28.3 Å². The molecule has 1 saturated carbocycles. The first-order chi connectivity index (χ1) is 12.2. The quantitative estimate of drug-likeness (QED) is 0.716. The van der Waals surface area contributed by atoms with Crippen LogP contribution in [0.3, 0.4) is 0 Å². The van der Waals surface area contributed by atoms with Gasteiger partial charge in [0.1, 0.15) is 23.2 Å². The summed E-state index contributed by atoms with van der Waals surface area (Å²) < 4.78 is 27.5. The molecule has 3 atom stereocenters. The molecule has 6 nitrogen and oxygen atoms in total. The standard InChI is InChI=1S/C18H22F2N2O4/c1-9(2)15(17(24)21-11-7-6-10(8-11)18(25)26)22-16(23)14-12(19)4-3-5-13(14)20/h3-5,9-11,15H,6-8H2,1-2H3,(H,21,24)(H,22,23)(H,25,26)/t10-,11+,15?/m0/s1. The van der Waals surface area contributed by atoms with E-state index in [0.717, 1.165) is 18.2 Å². The van der Waals surface area contributed by atoms with Crippen LogP contribution in [0.1, 0.15) is 43.5 Å². The number of hydrogen-bond donors (Lipinski definition) is 3. The van der Waals surface area contributed by atoms with Crippen LogP contribution in [0.25, 0.3) is 0 Å². The predicted molar refractivity (Wildman–Crippen MR) is 89.4 cm³/mol. The average Bonchev–Trinajstić information content (AvgIpc) is 3.00. The largest absolute Gasteiger partial charge is 0.481 e. The second-order valence-electron chi connectivity index (χ2n) is 6.85. The summed E-state index contributed by atoms with van der Waals surface area (Å²) in [6.07, 6.45) is 1.32. The number of benzene rings is 1. The lowest BCUT2D eigenvalue weighted by Gasteiger charge is -2.24. The van der Waals surface area contributed by atoms with Crippen molar-refractivity contribution in [1.82, 2.24) is 10.6 Å². The highest BCUT2D eigenvalue weighted by Crippen LogP contribution is 2.26. The lowest BCUT2D eigenvalue weighted by Crippen LogP contribution is -2.52. The normalized spacial score (nSPS) is 20.7. The van der Waals surface area contributed by atoms with Crippen LogP contribution in [-0.2, 0) is 9.59 Å². The van der Waals surface area contributed by atoms with Gasteiger partial charge < -0.3 is 15.7 Å². The Hall–Kier alpha value is -2.51. The topological polar surface area (TPSA) is 95.5 Å². The Kier molecular flexibility index (Phi) is 6.28. The number of carboxylic acid groups (broad SMARTS) is 1. The van der Waals surface area contributed by atoms with E-state index in [1.807, 2.05) is 0 Å². The van der Waals surface area contributed by atoms with Crippen LogP contribution < -0.4 is 10.6 Å². The van der Waals surface area contributed by atoms with Gasteiger partial charge in [0.05, 0.1) is 5.92 Å². The highest BCUT2D eigenvalue weighted by molar-refractivity contribution is 5.98. The number of carbonyl (C=O) groups excluding carboxylic acids is 2. The minimum absolute atomic E-state index is 0.299. The fraction of sp³-hybridized carbons (Fsp3) is 0.500. The van der Waals surface area contributed by atoms with E-state index in [1.54, 1.807) is 13.8 Å². The number of carboxylic acids is 1. The van der Waals surface area contributed by atoms with Crippen LogP contribution in [-0.4, -0.2) is 35.0 Å². The van der Waals surface area contributed by atoms with Gasteiger partial charge in [0, 0.05) is 6.04 Å². The number of nitrogens with one attached hydrogen (secondary N) is 2. The van der Waals surface area contributed by atoms with E-state index in [-0.39, 0.29) is 12.0 Å². The molecule has 1 fully saturated rings. The predicted octanol–water partition coefficient (Wildman–Crippen LogP) is 2.09. The molecule has 1 aromatic rings. The number of amides is 2. The van der Waals surface area contributed by atoms with Crippen LogP contribution in [0.2, 0.25) is 0 Å². The molecule has 2 rings (SSSR count). The zero-order chi connectivity index (χ0) is 19.4. The van der Waals surface area contributed by atoms with Crippen LogP contribution in [0, 0.1) is 23.5 Å². The number of halogens is 2. The van der Waals surface area contributed by atoms with Crippen LogP contribution >= 0.6 is 0 Å². The molecule has 26 heavy (non-hydrogen) atoms. The Morgan fingerprint density at radius 3 is 2.27 bits per heavy atom. The summed E-state index contributed by atoms with van der Waals surface area (Å²) in [5.74, 6) is -5.25. The average molecular weight is 368 g/mol. The summed E-state index contributed by atoms with van der Waals surface area (Å²) in [4.78, 5) is 35.7. The SMILES string of the molecule is CC(C)C(NC(=O)c1c(F)cccc1F)C(=O)N[C@@H]1CC[C@H](C(=O)O)C1. The molecule has 0 heterocycles. The van der Waals surface area contributed by atoms with Gasteiger partial charge in [-0.15, -0.1) is 0 Å². The van der Waals surface area contributed by atoms with Gasteiger partial charge in [0.15, 0.2) is 0 Å². The molecule has 142 valence electrons. The summed E-state index contributed by atoms with van der Waals surface area (Å²) >= 11 is 0. The third-order valence-electron chi connectivity index (χ3n) is 4.55. The van der Waals surface area contributed by atoms with Gasteiger partial charge >= 0.3 is 5.97 Å². The Balaban J connectivity index is 2.05. The van der Waals surface area contributed by atoms with Gasteiger partial charge in [-0.05, 0) is 37.3 Å². The molecule has 8 heteroatoms. The van der Waals surface area contributed by atoms with Crippen molar-refractivity contribution in [1.29, 1.82) is 0 Å². The smallest absolute Gasteiger partial charge is 0.306 e. The lowest BCUT2D eigenvalue weighted by molar-refractivity contribution is -0.141. The lowest BCUT2D eigenvalue weighted by atomic mass is 10.0. The fourth-order valence-corrected chi connectivity index (χ4v) is 3.09. The molecular formula is C18H22F2N2O4. The van der Waals surface area contributed by atoms with E-state index in [4.69, 9.17) is 5.11 Å². The third-order valence-corrected chi connectivity index (χ3v) is 4.55. The van der Waals surface area contributed by atoms with Gasteiger partial charge in [-0.2, -0.15) is 0 Å². The summed E-state index contributed by atoms with van der Waals surface area (Å²) in [6.45, 7) is 3.38. The number of carbonyl (C=O) groups is 3. The second-order valence-corrected chi connectivity index (χ2v) is 6.85. The Morgan fingerprint density at radius 1 is 1.15 bits per heavy atom. The molecule has 0 bridgehead atoms. The van der Waals surface area contributed by atoms with Gasteiger partial charge in [-0.3, -0.25) is 14.4 Å². The Labute approximate surface area is 150 Å². The van der Waals surface area contributed by atoms with E-state index in [9.17, 15) is 23.2 Å². The summed E-state index contributed by atoms with van der Waals surface area (Å²) in [5, 5.41) is 14.1. The van der Waals surface area contributed by atoms with Crippen molar-refractivity contribution in [3.63, 3.8) is 0 Å². The van der Waals surface area contributed by atoms with Gasteiger partial charge in [-0.1, -0.05) is 19.9 Å². The maximum Gasteiger partial charge on any atom is 0.306 e. The van der Waals surface area contributed by atoms with Crippen molar-refractivity contribution in [2.45, 2.75) is 45.2 Å². The molecule has 0 radical (unpaired) electrons. The first kappa shape index (κ1) is 19.8. The molecule has 1 aliphatic carbocycles. The Bertz CT molecular complexity index is 688. The highest BCUT2D eigenvalue weighted by Gasteiger charge is 2.33. The van der Waals surface area contributed by atoms with E-state index >= 15 is 0 Å². The van der Waals surface area contributed by atoms with E-state index in [0.29, 0.717) is 19.3 Å². The van der Waals surface area contributed by atoms with E-state index < -0.39 is 46.9 Å². The van der Waals surface area contributed by atoms with Crippen molar-refractivity contribution in [2.75, 3.05) is 0 Å².